The van der Waals surface area contributed by atoms with Crippen LogP contribution in [0.2, 0.25) is 0 Å². The van der Waals surface area contributed by atoms with Gasteiger partial charge in [-0.2, -0.15) is 0 Å². The van der Waals surface area contributed by atoms with Crippen molar-refractivity contribution in [1.29, 1.82) is 0 Å². The molecule has 1 unspecified atom stereocenters. The molecule has 1 saturated carbocycles. The molecule has 3 rings (SSSR count). The van der Waals surface area contributed by atoms with Gasteiger partial charge in [0.15, 0.2) is 0 Å². The number of ether oxygens (including phenoxy) is 1. The summed E-state index contributed by atoms with van der Waals surface area (Å²) in [5.74, 6) is -0.717. The van der Waals surface area contributed by atoms with Crippen LogP contribution in [0.5, 0.6) is 0 Å². The first-order valence-corrected chi connectivity index (χ1v) is 10.6. The topological polar surface area (TPSA) is 84.5 Å². The molecule has 0 radical (unpaired) electrons. The summed E-state index contributed by atoms with van der Waals surface area (Å²) in [6, 6.07) is -0.647. The Morgan fingerprint density at radius 2 is 1.78 bits per heavy atom. The van der Waals surface area contributed by atoms with E-state index in [4.69, 9.17) is 4.74 Å². The number of esters is 1. The van der Waals surface area contributed by atoms with E-state index in [0.717, 1.165) is 55.4 Å². The second kappa shape index (κ2) is 8.42. The number of amides is 2. The van der Waals surface area contributed by atoms with Crippen molar-refractivity contribution in [3.63, 3.8) is 0 Å². The first-order chi connectivity index (χ1) is 12.9. The summed E-state index contributed by atoms with van der Waals surface area (Å²) < 4.78 is 5.41. The zero-order valence-corrected chi connectivity index (χ0v) is 17.0. The molecule has 2 aliphatic rings. The third-order valence-electron chi connectivity index (χ3n) is 5.18. The van der Waals surface area contributed by atoms with Crippen LogP contribution in [0.25, 0.3) is 0 Å². The van der Waals surface area contributed by atoms with Crippen LogP contribution in [0.1, 0.15) is 73.7 Å². The van der Waals surface area contributed by atoms with Crippen LogP contribution in [-0.2, 0) is 27.2 Å². The fourth-order valence-electron chi connectivity index (χ4n) is 3.43. The van der Waals surface area contributed by atoms with E-state index in [2.05, 4.69) is 10.6 Å². The highest BCUT2D eigenvalue weighted by atomic mass is 32.1. The number of fused-ring (bicyclic) bond motifs is 1. The summed E-state index contributed by atoms with van der Waals surface area (Å²) in [4.78, 5) is 38.5. The van der Waals surface area contributed by atoms with Crippen LogP contribution in [0.3, 0.4) is 0 Å². The number of aryl methyl sites for hydroxylation is 1. The van der Waals surface area contributed by atoms with E-state index in [0.29, 0.717) is 10.6 Å². The Kier molecular flexibility index (Phi) is 6.19. The zero-order chi connectivity index (χ0) is 19.6. The second-order valence-corrected chi connectivity index (χ2v) is 8.82. The highest BCUT2D eigenvalue weighted by Crippen LogP contribution is 2.38. The van der Waals surface area contributed by atoms with Gasteiger partial charge in [0.2, 0.25) is 11.8 Å². The molecule has 0 bridgehead atoms. The van der Waals surface area contributed by atoms with E-state index in [1.807, 2.05) is 13.8 Å². The number of hydrogen-bond donors (Lipinski definition) is 2. The molecule has 0 saturated heterocycles. The molecule has 1 atom stereocenters. The average molecular weight is 393 g/mol. The molecular formula is C20H28N2O4S. The standard InChI is InChI=1S/C20H28N2O4S/c1-11(2)26-20(25)16-14-9-4-5-10-15(14)27-19(16)22-17(23)12(3)21-18(24)13-7-6-8-13/h11-13H,4-10H2,1-3H3,(H,21,24)(H,22,23). The molecule has 1 heterocycles. The Hall–Kier alpha value is -1.89. The Morgan fingerprint density at radius 3 is 2.41 bits per heavy atom. The lowest BCUT2D eigenvalue weighted by Gasteiger charge is -2.25. The van der Waals surface area contributed by atoms with E-state index in [1.165, 1.54) is 11.3 Å². The minimum atomic E-state index is -0.647. The first kappa shape index (κ1) is 19.9. The van der Waals surface area contributed by atoms with Crippen LogP contribution in [0.4, 0.5) is 5.00 Å². The summed E-state index contributed by atoms with van der Waals surface area (Å²) in [6.45, 7) is 5.30. The summed E-state index contributed by atoms with van der Waals surface area (Å²) >= 11 is 1.46. The van der Waals surface area contributed by atoms with Crippen molar-refractivity contribution in [2.45, 2.75) is 77.9 Å². The van der Waals surface area contributed by atoms with Gasteiger partial charge in [0, 0.05) is 10.8 Å². The maximum Gasteiger partial charge on any atom is 0.341 e. The lowest BCUT2D eigenvalue weighted by atomic mass is 9.84. The molecule has 0 spiro atoms. The predicted molar refractivity (Wildman–Crippen MR) is 105 cm³/mol. The van der Waals surface area contributed by atoms with Crippen molar-refractivity contribution in [3.05, 3.63) is 16.0 Å². The van der Waals surface area contributed by atoms with Gasteiger partial charge in [-0.1, -0.05) is 6.42 Å². The maximum atomic E-state index is 12.6. The molecule has 148 valence electrons. The van der Waals surface area contributed by atoms with E-state index >= 15 is 0 Å². The first-order valence-electron chi connectivity index (χ1n) is 9.83. The predicted octanol–water partition coefficient (Wildman–Crippen LogP) is 3.44. The van der Waals surface area contributed by atoms with Crippen LogP contribution in [-0.4, -0.2) is 29.9 Å². The molecule has 2 N–H and O–H groups in total. The lowest BCUT2D eigenvalue weighted by molar-refractivity contribution is -0.130. The van der Waals surface area contributed by atoms with Gasteiger partial charge in [0.25, 0.3) is 0 Å². The minimum Gasteiger partial charge on any atom is -0.459 e. The molecule has 2 amide bonds. The van der Waals surface area contributed by atoms with Gasteiger partial charge in [-0.05, 0) is 64.9 Å². The van der Waals surface area contributed by atoms with Crippen molar-refractivity contribution < 1.29 is 19.1 Å². The number of hydrogen-bond acceptors (Lipinski definition) is 5. The van der Waals surface area contributed by atoms with Gasteiger partial charge in [-0.15, -0.1) is 11.3 Å². The van der Waals surface area contributed by atoms with Crippen LogP contribution < -0.4 is 10.6 Å². The third kappa shape index (κ3) is 4.51. The summed E-state index contributed by atoms with van der Waals surface area (Å²) in [6.07, 6.45) is 6.51. The monoisotopic (exact) mass is 392 g/mol. The molecule has 1 aromatic rings. The third-order valence-corrected chi connectivity index (χ3v) is 6.39. The van der Waals surface area contributed by atoms with Crippen molar-refractivity contribution in [3.8, 4) is 0 Å². The second-order valence-electron chi connectivity index (χ2n) is 7.72. The Balaban J connectivity index is 1.74. The van der Waals surface area contributed by atoms with Crippen molar-refractivity contribution >= 4 is 34.1 Å². The van der Waals surface area contributed by atoms with E-state index in [9.17, 15) is 14.4 Å². The average Bonchev–Trinajstić information content (AvgIpc) is 2.90. The van der Waals surface area contributed by atoms with Crippen molar-refractivity contribution in [2.75, 3.05) is 5.32 Å². The SMILES string of the molecule is CC(C)OC(=O)c1c(NC(=O)C(C)NC(=O)C2CCC2)sc2c1CCCC2. The van der Waals surface area contributed by atoms with Gasteiger partial charge in [0.1, 0.15) is 11.0 Å². The quantitative estimate of drug-likeness (QED) is 0.727. The molecule has 7 heteroatoms. The smallest absolute Gasteiger partial charge is 0.341 e. The number of rotatable bonds is 6. The maximum absolute atomic E-state index is 12.6. The van der Waals surface area contributed by atoms with E-state index in [1.54, 1.807) is 6.92 Å². The lowest BCUT2D eigenvalue weighted by Crippen LogP contribution is -2.45. The number of nitrogens with one attached hydrogen (secondary N) is 2. The van der Waals surface area contributed by atoms with Gasteiger partial charge in [-0.25, -0.2) is 4.79 Å². The number of carbonyl (C=O) groups is 3. The fourth-order valence-corrected chi connectivity index (χ4v) is 4.71. The Morgan fingerprint density at radius 1 is 1.07 bits per heavy atom. The molecule has 6 nitrogen and oxygen atoms in total. The largest absolute Gasteiger partial charge is 0.459 e. The zero-order valence-electron chi connectivity index (χ0n) is 16.2. The molecule has 0 aliphatic heterocycles. The highest BCUT2D eigenvalue weighted by Gasteiger charge is 2.30. The molecule has 1 aromatic heterocycles. The molecule has 1 fully saturated rings. The number of anilines is 1. The van der Waals surface area contributed by atoms with Crippen LogP contribution in [0, 0.1) is 5.92 Å². The van der Waals surface area contributed by atoms with Crippen LogP contribution in [0.15, 0.2) is 0 Å². The highest BCUT2D eigenvalue weighted by molar-refractivity contribution is 7.17. The molecule has 2 aliphatic carbocycles. The Labute approximate surface area is 164 Å². The van der Waals surface area contributed by atoms with E-state index < -0.39 is 6.04 Å². The summed E-state index contributed by atoms with van der Waals surface area (Å²) in [5.41, 5.74) is 1.51. The minimum absolute atomic E-state index is 0.0332. The van der Waals surface area contributed by atoms with E-state index in [-0.39, 0.29) is 29.8 Å². The van der Waals surface area contributed by atoms with Gasteiger partial charge in [0.05, 0.1) is 11.7 Å². The summed E-state index contributed by atoms with van der Waals surface area (Å²) in [5, 5.41) is 6.19. The summed E-state index contributed by atoms with van der Waals surface area (Å²) in [7, 11) is 0. The molecule has 27 heavy (non-hydrogen) atoms. The number of thiophene rings is 1. The fraction of sp³-hybridized carbons (Fsp3) is 0.650. The van der Waals surface area contributed by atoms with Crippen molar-refractivity contribution in [2.24, 2.45) is 5.92 Å². The molecular weight excluding hydrogens is 364 g/mol. The van der Waals surface area contributed by atoms with Crippen molar-refractivity contribution in [1.82, 2.24) is 5.32 Å². The van der Waals surface area contributed by atoms with Gasteiger partial charge in [-0.3, -0.25) is 9.59 Å². The van der Waals surface area contributed by atoms with Gasteiger partial charge >= 0.3 is 5.97 Å². The normalized spacial score (nSPS) is 17.6. The number of carbonyl (C=O) groups excluding carboxylic acids is 3. The molecule has 0 aromatic carbocycles. The Bertz CT molecular complexity index is 737. The van der Waals surface area contributed by atoms with Crippen LogP contribution >= 0.6 is 11.3 Å². The van der Waals surface area contributed by atoms with Gasteiger partial charge < -0.3 is 15.4 Å².